The fraction of sp³-hybridized carbons (Fsp3) is 0. The van der Waals surface area contributed by atoms with Crippen molar-refractivity contribution >= 4 is 54.6 Å². The van der Waals surface area contributed by atoms with Crippen LogP contribution in [0.25, 0.3) is 111 Å². The second-order valence-corrected chi connectivity index (χ2v) is 15.4. The van der Waals surface area contributed by atoms with Crippen molar-refractivity contribution in [3.8, 4) is 56.1 Å². The van der Waals surface area contributed by atoms with E-state index in [4.69, 9.17) is 9.97 Å². The Morgan fingerprint density at radius 1 is 0.250 bits per heavy atom. The van der Waals surface area contributed by atoms with Crippen LogP contribution in [-0.4, -0.2) is 19.1 Å². The molecule has 9 aromatic carbocycles. The summed E-state index contributed by atoms with van der Waals surface area (Å²) in [4.78, 5) is 10.2. The normalized spacial score (nSPS) is 11.7. The van der Waals surface area contributed by atoms with Crippen molar-refractivity contribution < 1.29 is 0 Å². The first kappa shape index (κ1) is 34.0. The van der Waals surface area contributed by atoms with Gasteiger partial charge in [0.1, 0.15) is 0 Å². The summed E-state index contributed by atoms with van der Waals surface area (Å²) < 4.78 is 4.77. The van der Waals surface area contributed by atoms with Crippen molar-refractivity contribution in [3.05, 3.63) is 218 Å². The Hall–Kier alpha value is -8.08. The Morgan fingerprint density at radius 3 is 1.10 bits per heavy atom. The molecule has 0 saturated heterocycles. The second kappa shape index (κ2) is 13.8. The van der Waals surface area contributed by atoms with Crippen molar-refractivity contribution in [2.75, 3.05) is 0 Å². The Balaban J connectivity index is 0.945. The maximum absolute atomic E-state index is 5.15. The predicted molar refractivity (Wildman–Crippen MR) is 250 cm³/mol. The summed E-state index contributed by atoms with van der Waals surface area (Å²) >= 11 is 0. The third kappa shape index (κ3) is 5.53. The molecule has 3 heterocycles. The summed E-state index contributed by atoms with van der Waals surface area (Å²) in [5.41, 5.74) is 17.4. The molecule has 0 unspecified atom stereocenters. The molecule has 4 nitrogen and oxygen atoms in total. The molecule has 0 radical (unpaired) electrons. The van der Waals surface area contributed by atoms with Crippen LogP contribution < -0.4 is 0 Å². The van der Waals surface area contributed by atoms with Crippen molar-refractivity contribution in [1.82, 2.24) is 19.1 Å². The molecule has 0 aliphatic rings. The van der Waals surface area contributed by atoms with E-state index in [2.05, 4.69) is 197 Å². The first-order valence-electron chi connectivity index (χ1n) is 20.4. The van der Waals surface area contributed by atoms with Gasteiger partial charge in [0.05, 0.1) is 44.5 Å². The molecule has 3 aromatic heterocycles. The molecule has 0 atom stereocenters. The third-order valence-electron chi connectivity index (χ3n) is 11.9. The Labute approximate surface area is 346 Å². The molecule has 0 aliphatic carbocycles. The van der Waals surface area contributed by atoms with Gasteiger partial charge in [-0.3, -0.25) is 0 Å². The van der Waals surface area contributed by atoms with Crippen molar-refractivity contribution in [2.45, 2.75) is 0 Å². The molecule has 4 heteroatoms. The Morgan fingerprint density at radius 2 is 0.600 bits per heavy atom. The molecule has 0 aliphatic heterocycles. The van der Waals surface area contributed by atoms with Gasteiger partial charge in [0, 0.05) is 44.0 Å². The maximum atomic E-state index is 5.15. The van der Waals surface area contributed by atoms with Gasteiger partial charge in [-0.15, -0.1) is 0 Å². The van der Waals surface area contributed by atoms with E-state index < -0.39 is 0 Å². The summed E-state index contributed by atoms with van der Waals surface area (Å²) in [5, 5.41) is 4.93. The van der Waals surface area contributed by atoms with Gasteiger partial charge in [-0.25, -0.2) is 9.97 Å². The van der Waals surface area contributed by atoms with Crippen LogP contribution in [0.1, 0.15) is 0 Å². The molecule has 0 amide bonds. The molecule has 12 rings (SSSR count). The number of aromatic nitrogens is 4. The number of hydrogen-bond donors (Lipinski definition) is 0. The van der Waals surface area contributed by atoms with Crippen LogP contribution in [-0.2, 0) is 0 Å². The minimum absolute atomic E-state index is 0.874. The number of benzene rings is 9. The zero-order valence-corrected chi connectivity index (χ0v) is 32.6. The first-order valence-corrected chi connectivity index (χ1v) is 20.4. The lowest BCUT2D eigenvalue weighted by molar-refractivity contribution is 1.18. The zero-order chi connectivity index (χ0) is 39.6. The van der Waals surface area contributed by atoms with Crippen LogP contribution in [0.15, 0.2) is 218 Å². The summed E-state index contributed by atoms with van der Waals surface area (Å²) in [7, 11) is 0. The lowest BCUT2D eigenvalue weighted by Gasteiger charge is -2.12. The highest BCUT2D eigenvalue weighted by atomic mass is 15.0. The number of fused-ring (bicyclic) bond motifs is 7. The van der Waals surface area contributed by atoms with Crippen LogP contribution in [0.2, 0.25) is 0 Å². The minimum Gasteiger partial charge on any atom is -0.309 e. The minimum atomic E-state index is 0.874. The lowest BCUT2D eigenvalue weighted by atomic mass is 10.0. The Kier molecular flexibility index (Phi) is 7.82. The smallest absolute Gasteiger partial charge is 0.0973 e. The molecule has 0 saturated carbocycles. The van der Waals surface area contributed by atoms with Gasteiger partial charge >= 0.3 is 0 Å². The monoisotopic (exact) mass is 764 g/mol. The van der Waals surface area contributed by atoms with Gasteiger partial charge in [-0.05, 0) is 95.1 Å². The van der Waals surface area contributed by atoms with Crippen molar-refractivity contribution in [3.63, 3.8) is 0 Å². The van der Waals surface area contributed by atoms with Gasteiger partial charge in [0.2, 0.25) is 0 Å². The highest BCUT2D eigenvalue weighted by Crippen LogP contribution is 2.39. The third-order valence-corrected chi connectivity index (χ3v) is 11.9. The van der Waals surface area contributed by atoms with E-state index in [0.717, 1.165) is 44.9 Å². The molecule has 12 aromatic rings. The van der Waals surface area contributed by atoms with Crippen LogP contribution in [0.4, 0.5) is 0 Å². The summed E-state index contributed by atoms with van der Waals surface area (Å²) in [6.07, 6.45) is 0. The van der Waals surface area contributed by atoms with Crippen LogP contribution >= 0.6 is 0 Å². The predicted octanol–water partition coefficient (Wildman–Crippen LogP) is 14.5. The molecule has 0 spiro atoms. The van der Waals surface area contributed by atoms with Crippen molar-refractivity contribution in [2.24, 2.45) is 0 Å². The van der Waals surface area contributed by atoms with E-state index >= 15 is 0 Å². The standard InChI is InChI=1S/C56H36N4/c1-3-13-37(14-4-1)38-23-29-43(30-24-38)59-51-21-11-7-17-45(51)47-35-41(27-33-53(47)59)42-28-34-54-48(36-42)46-18-8-12-22-52(46)60(54)44-31-25-40(26-32-44)56-55(39-15-5-2-6-16-39)57-49-19-9-10-20-50(49)58-56/h1-36H. The highest BCUT2D eigenvalue weighted by molar-refractivity contribution is 6.12. The molecule has 0 N–H and O–H groups in total. The van der Waals surface area contributed by atoms with Gasteiger partial charge in [-0.1, -0.05) is 146 Å². The van der Waals surface area contributed by atoms with Crippen molar-refractivity contribution in [1.29, 1.82) is 0 Å². The van der Waals surface area contributed by atoms with E-state index in [9.17, 15) is 0 Å². The average Bonchev–Trinajstić information content (AvgIpc) is 3.84. The maximum Gasteiger partial charge on any atom is 0.0973 e. The molecular formula is C56H36N4. The van der Waals surface area contributed by atoms with Crippen LogP contribution in [0.5, 0.6) is 0 Å². The number of nitrogens with zero attached hydrogens (tertiary/aromatic N) is 4. The van der Waals surface area contributed by atoms with E-state index in [-0.39, 0.29) is 0 Å². The largest absolute Gasteiger partial charge is 0.309 e. The fourth-order valence-corrected chi connectivity index (χ4v) is 9.06. The zero-order valence-electron chi connectivity index (χ0n) is 32.6. The van der Waals surface area contributed by atoms with Crippen LogP contribution in [0, 0.1) is 0 Å². The van der Waals surface area contributed by atoms with Crippen LogP contribution in [0.3, 0.4) is 0 Å². The molecule has 60 heavy (non-hydrogen) atoms. The Bertz CT molecular complexity index is 3560. The van der Waals surface area contributed by atoms with Gasteiger partial charge in [0.25, 0.3) is 0 Å². The number of rotatable bonds is 6. The van der Waals surface area contributed by atoms with Gasteiger partial charge in [-0.2, -0.15) is 0 Å². The summed E-state index contributed by atoms with van der Waals surface area (Å²) in [5.74, 6) is 0. The van der Waals surface area contributed by atoms with E-state index in [0.29, 0.717) is 0 Å². The molecule has 0 bridgehead atoms. The molecule has 280 valence electrons. The molecule has 0 fully saturated rings. The average molecular weight is 765 g/mol. The van der Waals surface area contributed by atoms with E-state index in [1.807, 2.05) is 30.3 Å². The highest BCUT2D eigenvalue weighted by Gasteiger charge is 2.18. The van der Waals surface area contributed by atoms with E-state index in [1.165, 1.54) is 65.9 Å². The number of para-hydroxylation sites is 4. The van der Waals surface area contributed by atoms with Gasteiger partial charge in [0.15, 0.2) is 0 Å². The fourth-order valence-electron chi connectivity index (χ4n) is 9.06. The molecular weight excluding hydrogens is 729 g/mol. The summed E-state index contributed by atoms with van der Waals surface area (Å²) in [6.45, 7) is 0. The SMILES string of the molecule is c1ccc(-c2ccc(-n3c4ccccc4c4cc(-c5ccc6c(c5)c5ccccc5n6-c5ccc(-c6nc7ccccc7nc6-c6ccccc6)cc5)ccc43)cc2)cc1. The summed E-state index contributed by atoms with van der Waals surface area (Å²) in [6, 6.07) is 78.0. The topological polar surface area (TPSA) is 35.6 Å². The lowest BCUT2D eigenvalue weighted by Crippen LogP contribution is -1.97. The quantitative estimate of drug-likeness (QED) is 0.169. The number of hydrogen-bond acceptors (Lipinski definition) is 2. The first-order chi connectivity index (χ1) is 29.7. The van der Waals surface area contributed by atoms with Gasteiger partial charge < -0.3 is 9.13 Å². The second-order valence-electron chi connectivity index (χ2n) is 15.4. The van der Waals surface area contributed by atoms with E-state index in [1.54, 1.807) is 0 Å².